The van der Waals surface area contributed by atoms with Crippen LogP contribution in [0.15, 0.2) is 48.7 Å². The summed E-state index contributed by atoms with van der Waals surface area (Å²) in [5, 5.41) is 4.66. The molecule has 0 saturated carbocycles. The van der Waals surface area contributed by atoms with Crippen molar-refractivity contribution in [2.75, 3.05) is 25.2 Å². The molecule has 4 rings (SSSR count). The minimum atomic E-state index is -0.0967. The molecule has 168 valence electrons. The van der Waals surface area contributed by atoms with Crippen LogP contribution in [0.2, 0.25) is 5.02 Å². The van der Waals surface area contributed by atoms with Crippen molar-refractivity contribution in [3.63, 3.8) is 0 Å². The predicted molar refractivity (Wildman–Crippen MR) is 132 cm³/mol. The van der Waals surface area contributed by atoms with Crippen molar-refractivity contribution in [3.05, 3.63) is 76.3 Å². The molecular weight excluding hydrogens is 444 g/mol. The molecule has 0 radical (unpaired) electrons. The quantitative estimate of drug-likeness (QED) is 0.392. The zero-order chi connectivity index (χ0) is 22.8. The molecule has 1 aromatic carbocycles. The van der Waals surface area contributed by atoms with Crippen LogP contribution in [0, 0.1) is 13.8 Å². The monoisotopic (exact) mass is 470 g/mol. The number of nitrogens with one attached hydrogen (secondary N) is 1. The van der Waals surface area contributed by atoms with Crippen molar-refractivity contribution in [2.24, 2.45) is 7.05 Å². The fourth-order valence-electron chi connectivity index (χ4n) is 4.12. The molecule has 1 fully saturated rings. The molecule has 1 N–H and O–H groups in total. The number of nitrogens with zero attached hydrogens (tertiary/aromatic N) is 3. The predicted octanol–water partition coefficient (Wildman–Crippen LogP) is 4.89. The third-order valence-corrected chi connectivity index (χ3v) is 6.58. The summed E-state index contributed by atoms with van der Waals surface area (Å²) >= 11 is 12.4. The van der Waals surface area contributed by atoms with Gasteiger partial charge in [0.1, 0.15) is 12.4 Å². The minimum absolute atomic E-state index is 0.0753. The summed E-state index contributed by atoms with van der Waals surface area (Å²) in [6.45, 7) is 5.18. The number of anilines is 1. The third kappa shape index (κ3) is 4.20. The van der Waals surface area contributed by atoms with Gasteiger partial charge in [-0.05, 0) is 68.0 Å². The van der Waals surface area contributed by atoms with E-state index in [1.165, 1.54) is 17.0 Å². The molecule has 2 atom stereocenters. The van der Waals surface area contributed by atoms with Crippen LogP contribution in [-0.2, 0) is 11.8 Å². The third-order valence-electron chi connectivity index (χ3n) is 5.97. The van der Waals surface area contributed by atoms with E-state index in [1.807, 2.05) is 42.6 Å². The Kier molecular flexibility index (Phi) is 6.69. The number of ether oxygens (including phenoxy) is 2. The largest absolute Gasteiger partial charge is 0.490 e. The average molecular weight is 471 g/mol. The van der Waals surface area contributed by atoms with Crippen molar-refractivity contribution in [1.82, 2.24) is 14.9 Å². The SMILES string of the molecule is COCCOc1ccc(N2C(=S)N[C@@H](c3ccccn3)[C@@H]2c2cc(C)n(C)c2C)cc1Cl. The maximum absolute atomic E-state index is 6.57. The lowest BCUT2D eigenvalue weighted by molar-refractivity contribution is 0.146. The summed E-state index contributed by atoms with van der Waals surface area (Å²) < 4.78 is 13.0. The number of hydrogen-bond donors (Lipinski definition) is 1. The second-order valence-corrected chi connectivity index (χ2v) is 8.63. The number of pyridine rings is 1. The zero-order valence-corrected chi connectivity index (χ0v) is 20.2. The lowest BCUT2D eigenvalue weighted by atomic mass is 9.96. The van der Waals surface area contributed by atoms with Crippen LogP contribution < -0.4 is 15.0 Å². The molecule has 0 amide bonds. The van der Waals surface area contributed by atoms with Crippen LogP contribution in [-0.4, -0.2) is 35.0 Å². The van der Waals surface area contributed by atoms with Crippen LogP contribution in [0.3, 0.4) is 0 Å². The summed E-state index contributed by atoms with van der Waals surface area (Å²) in [7, 11) is 3.72. The first-order chi connectivity index (χ1) is 15.4. The van der Waals surface area contributed by atoms with Gasteiger partial charge in [-0.2, -0.15) is 0 Å². The first kappa shape index (κ1) is 22.6. The minimum Gasteiger partial charge on any atom is -0.490 e. The fourth-order valence-corrected chi connectivity index (χ4v) is 4.70. The average Bonchev–Trinajstić information content (AvgIpc) is 3.26. The van der Waals surface area contributed by atoms with E-state index in [0.717, 1.165) is 11.4 Å². The van der Waals surface area contributed by atoms with Crippen LogP contribution in [0.4, 0.5) is 5.69 Å². The number of rotatable bonds is 7. The summed E-state index contributed by atoms with van der Waals surface area (Å²) in [5.41, 5.74) is 5.42. The molecule has 1 aliphatic heterocycles. The van der Waals surface area contributed by atoms with Gasteiger partial charge >= 0.3 is 0 Å². The van der Waals surface area contributed by atoms with Crippen molar-refractivity contribution in [2.45, 2.75) is 25.9 Å². The number of aromatic nitrogens is 2. The summed E-state index contributed by atoms with van der Waals surface area (Å²) in [5.74, 6) is 0.620. The Morgan fingerprint density at radius 2 is 1.97 bits per heavy atom. The molecule has 3 aromatic rings. The van der Waals surface area contributed by atoms with E-state index in [1.54, 1.807) is 7.11 Å². The van der Waals surface area contributed by atoms with Crippen molar-refractivity contribution < 1.29 is 9.47 Å². The highest BCUT2D eigenvalue weighted by atomic mass is 35.5. The van der Waals surface area contributed by atoms with E-state index in [4.69, 9.17) is 33.3 Å². The fraction of sp³-hybridized carbons (Fsp3) is 0.333. The summed E-state index contributed by atoms with van der Waals surface area (Å²) in [6, 6.07) is 13.8. The molecule has 0 spiro atoms. The van der Waals surface area contributed by atoms with Gasteiger partial charge in [0.2, 0.25) is 0 Å². The van der Waals surface area contributed by atoms with Gasteiger partial charge in [0.25, 0.3) is 0 Å². The normalized spacial score (nSPS) is 18.2. The van der Waals surface area contributed by atoms with Gasteiger partial charge in [-0.15, -0.1) is 0 Å². The molecule has 6 nitrogen and oxygen atoms in total. The second-order valence-electron chi connectivity index (χ2n) is 7.84. The Bertz CT molecular complexity index is 1120. The van der Waals surface area contributed by atoms with Gasteiger partial charge in [-0.25, -0.2) is 0 Å². The Hall–Kier alpha value is -2.61. The smallest absolute Gasteiger partial charge is 0.174 e. The van der Waals surface area contributed by atoms with Gasteiger partial charge < -0.3 is 24.3 Å². The van der Waals surface area contributed by atoms with Gasteiger partial charge in [-0.3, -0.25) is 4.98 Å². The number of thiocarbonyl (C=S) groups is 1. The standard InChI is InChI=1S/C24H27ClN4O2S/c1-15-13-18(16(2)28(15)3)23-22(20-7-5-6-10-26-20)27-24(32)29(23)17-8-9-21(19(25)14-17)31-12-11-30-4/h5-10,13-14,22-23H,11-12H2,1-4H3,(H,27,32)/t22-,23-/m0/s1. The van der Waals surface area contributed by atoms with Crippen LogP contribution in [0.5, 0.6) is 5.75 Å². The van der Waals surface area contributed by atoms with Crippen LogP contribution in [0.1, 0.15) is 34.7 Å². The molecule has 3 heterocycles. The van der Waals surface area contributed by atoms with Gasteiger partial charge in [0.05, 0.1) is 29.4 Å². The number of halogens is 1. The van der Waals surface area contributed by atoms with E-state index in [0.29, 0.717) is 29.1 Å². The van der Waals surface area contributed by atoms with E-state index in [2.05, 4.69) is 46.7 Å². The number of aryl methyl sites for hydroxylation is 1. The molecule has 32 heavy (non-hydrogen) atoms. The first-order valence-electron chi connectivity index (χ1n) is 10.5. The topological polar surface area (TPSA) is 51.6 Å². The van der Waals surface area contributed by atoms with Crippen LogP contribution >= 0.6 is 23.8 Å². The summed E-state index contributed by atoms with van der Waals surface area (Å²) in [6.07, 6.45) is 1.81. The maximum Gasteiger partial charge on any atom is 0.174 e. The van der Waals surface area contributed by atoms with Gasteiger partial charge in [0, 0.05) is 37.4 Å². The van der Waals surface area contributed by atoms with Gasteiger partial charge in [-0.1, -0.05) is 17.7 Å². The lowest BCUT2D eigenvalue weighted by Gasteiger charge is -2.28. The first-order valence-corrected chi connectivity index (χ1v) is 11.3. The highest BCUT2D eigenvalue weighted by Gasteiger charge is 2.42. The molecule has 2 aromatic heterocycles. The highest BCUT2D eigenvalue weighted by molar-refractivity contribution is 7.80. The van der Waals surface area contributed by atoms with Crippen molar-refractivity contribution in [1.29, 1.82) is 0 Å². The number of methoxy groups -OCH3 is 1. The van der Waals surface area contributed by atoms with Crippen molar-refractivity contribution >= 4 is 34.6 Å². The Morgan fingerprint density at radius 1 is 1.16 bits per heavy atom. The Labute approximate surface area is 199 Å². The van der Waals surface area contributed by atoms with E-state index in [9.17, 15) is 0 Å². The van der Waals surface area contributed by atoms with Crippen molar-refractivity contribution in [3.8, 4) is 5.75 Å². The molecule has 8 heteroatoms. The molecule has 0 unspecified atom stereocenters. The molecule has 1 saturated heterocycles. The van der Waals surface area contributed by atoms with E-state index in [-0.39, 0.29) is 12.1 Å². The lowest BCUT2D eigenvalue weighted by Crippen LogP contribution is -2.29. The number of benzene rings is 1. The van der Waals surface area contributed by atoms with Gasteiger partial charge in [0.15, 0.2) is 5.11 Å². The van der Waals surface area contributed by atoms with Crippen LogP contribution in [0.25, 0.3) is 0 Å². The molecular formula is C24H27ClN4O2S. The Morgan fingerprint density at radius 3 is 2.59 bits per heavy atom. The summed E-state index contributed by atoms with van der Waals surface area (Å²) in [4.78, 5) is 6.74. The zero-order valence-electron chi connectivity index (χ0n) is 18.6. The molecule has 0 aliphatic carbocycles. The van der Waals surface area contributed by atoms with E-state index >= 15 is 0 Å². The maximum atomic E-state index is 6.57. The Balaban J connectivity index is 1.76. The highest BCUT2D eigenvalue weighted by Crippen LogP contribution is 2.44. The number of hydrogen-bond acceptors (Lipinski definition) is 4. The second kappa shape index (κ2) is 9.48. The molecule has 1 aliphatic rings. The molecule has 0 bridgehead atoms. The van der Waals surface area contributed by atoms with E-state index < -0.39 is 0 Å².